The van der Waals surface area contributed by atoms with Gasteiger partial charge in [-0.2, -0.15) is 0 Å². The number of amides is 1. The van der Waals surface area contributed by atoms with Gasteiger partial charge in [-0.05, 0) is 49.7 Å². The van der Waals surface area contributed by atoms with Crippen LogP contribution in [-0.2, 0) is 0 Å². The van der Waals surface area contributed by atoms with Crippen molar-refractivity contribution in [3.63, 3.8) is 0 Å². The fraction of sp³-hybridized carbons (Fsp3) is 0.300. The lowest BCUT2D eigenvalue weighted by atomic mass is 9.94. The summed E-state index contributed by atoms with van der Waals surface area (Å²) < 4.78 is 0. The molecule has 0 unspecified atom stereocenters. The summed E-state index contributed by atoms with van der Waals surface area (Å²) in [6, 6.07) is 12.2. The molecule has 0 bridgehead atoms. The predicted octanol–water partition coefficient (Wildman–Crippen LogP) is 2.99. The molecule has 1 saturated heterocycles. The molecule has 2 atom stereocenters. The van der Waals surface area contributed by atoms with E-state index < -0.39 is 0 Å². The van der Waals surface area contributed by atoms with Crippen molar-refractivity contribution in [2.75, 3.05) is 20.1 Å². The Morgan fingerprint density at radius 2 is 2.24 bits per heavy atom. The lowest BCUT2D eigenvalue weighted by molar-refractivity contribution is 0.0945. The number of aromatic amines is 1. The minimum Gasteiger partial charge on any atom is -0.361 e. The molecular weight excluding hydrogens is 312 g/mol. The van der Waals surface area contributed by atoms with Crippen LogP contribution in [-0.4, -0.2) is 40.9 Å². The Bertz CT molecular complexity index is 874. The van der Waals surface area contributed by atoms with E-state index >= 15 is 0 Å². The van der Waals surface area contributed by atoms with E-state index in [1.807, 2.05) is 42.7 Å². The van der Waals surface area contributed by atoms with Gasteiger partial charge in [-0.1, -0.05) is 18.2 Å². The number of fused-ring (bicyclic) bond motifs is 1. The van der Waals surface area contributed by atoms with Crippen molar-refractivity contribution < 1.29 is 4.79 Å². The van der Waals surface area contributed by atoms with E-state index in [1.165, 1.54) is 5.56 Å². The number of hydrogen-bond donors (Lipinski definition) is 2. The number of aromatic nitrogens is 2. The molecule has 1 fully saturated rings. The molecule has 4 rings (SSSR count). The van der Waals surface area contributed by atoms with Crippen molar-refractivity contribution in [3.05, 3.63) is 66.1 Å². The Morgan fingerprint density at radius 3 is 3.08 bits per heavy atom. The average molecular weight is 334 g/mol. The molecule has 3 aromatic rings. The van der Waals surface area contributed by atoms with E-state index in [9.17, 15) is 4.79 Å². The zero-order chi connectivity index (χ0) is 17.2. The molecule has 0 spiro atoms. The predicted molar refractivity (Wildman–Crippen MR) is 98.3 cm³/mol. The maximum Gasteiger partial charge on any atom is 0.253 e. The number of benzene rings is 1. The van der Waals surface area contributed by atoms with Gasteiger partial charge in [-0.15, -0.1) is 0 Å². The standard InChI is InChI=1S/C20H22N4O/c1-24-11-8-16(19(24)15-5-3-9-21-12-15)13-23-20(25)17-6-2-4-14-7-10-22-18(14)17/h2-7,9-10,12,16,19,22H,8,11,13H2,1H3,(H,23,25)/t16-,19-/m0/s1. The highest BCUT2D eigenvalue weighted by Crippen LogP contribution is 2.35. The van der Waals surface area contributed by atoms with Crippen LogP contribution >= 0.6 is 0 Å². The Kier molecular flexibility index (Phi) is 4.24. The number of likely N-dealkylation sites (tertiary alicyclic amines) is 1. The first-order valence-electron chi connectivity index (χ1n) is 8.68. The number of carbonyl (C=O) groups excluding carboxylic acids is 1. The number of H-pyrrole nitrogens is 1. The van der Waals surface area contributed by atoms with Gasteiger partial charge in [0.2, 0.25) is 0 Å². The number of carbonyl (C=O) groups is 1. The zero-order valence-electron chi connectivity index (χ0n) is 14.3. The molecule has 1 aliphatic rings. The van der Waals surface area contributed by atoms with Crippen molar-refractivity contribution >= 4 is 16.8 Å². The van der Waals surface area contributed by atoms with Crippen LogP contribution in [0.15, 0.2) is 55.0 Å². The van der Waals surface area contributed by atoms with Crippen LogP contribution in [0.3, 0.4) is 0 Å². The van der Waals surface area contributed by atoms with Crippen LogP contribution in [0, 0.1) is 5.92 Å². The molecular formula is C20H22N4O. The molecule has 2 N–H and O–H groups in total. The van der Waals surface area contributed by atoms with Gasteiger partial charge in [-0.25, -0.2) is 0 Å². The van der Waals surface area contributed by atoms with Crippen LogP contribution in [0.25, 0.3) is 10.9 Å². The smallest absolute Gasteiger partial charge is 0.253 e. The topological polar surface area (TPSA) is 61.0 Å². The first-order valence-corrected chi connectivity index (χ1v) is 8.68. The summed E-state index contributed by atoms with van der Waals surface area (Å²) >= 11 is 0. The van der Waals surface area contributed by atoms with Gasteiger partial charge in [0, 0.05) is 36.6 Å². The number of nitrogens with one attached hydrogen (secondary N) is 2. The number of nitrogens with zero attached hydrogens (tertiary/aromatic N) is 2. The van der Waals surface area contributed by atoms with Gasteiger partial charge in [0.05, 0.1) is 11.1 Å². The summed E-state index contributed by atoms with van der Waals surface area (Å²) in [6.45, 7) is 1.70. The highest BCUT2D eigenvalue weighted by atomic mass is 16.1. The van der Waals surface area contributed by atoms with E-state index in [2.05, 4.69) is 33.3 Å². The Morgan fingerprint density at radius 1 is 1.32 bits per heavy atom. The number of para-hydroxylation sites is 1. The van der Waals surface area contributed by atoms with E-state index in [-0.39, 0.29) is 5.91 Å². The maximum atomic E-state index is 12.7. The van der Waals surface area contributed by atoms with Gasteiger partial charge in [0.25, 0.3) is 5.91 Å². The highest BCUT2D eigenvalue weighted by molar-refractivity contribution is 6.05. The van der Waals surface area contributed by atoms with E-state index in [0.717, 1.165) is 23.9 Å². The van der Waals surface area contributed by atoms with Crippen LogP contribution in [0.1, 0.15) is 28.4 Å². The number of rotatable bonds is 4. The third kappa shape index (κ3) is 3.03. The molecule has 1 aliphatic heterocycles. The third-order valence-corrected chi connectivity index (χ3v) is 5.16. The third-order valence-electron chi connectivity index (χ3n) is 5.16. The van der Waals surface area contributed by atoms with Gasteiger partial charge < -0.3 is 10.3 Å². The monoisotopic (exact) mass is 334 g/mol. The van der Waals surface area contributed by atoms with Gasteiger partial charge >= 0.3 is 0 Å². The Labute approximate surface area is 147 Å². The Hall–Kier alpha value is -2.66. The van der Waals surface area contributed by atoms with Crippen LogP contribution in [0.4, 0.5) is 0 Å². The van der Waals surface area contributed by atoms with Gasteiger partial charge in [0.15, 0.2) is 0 Å². The molecule has 5 heteroatoms. The summed E-state index contributed by atoms with van der Waals surface area (Å²) in [7, 11) is 2.14. The Balaban J connectivity index is 1.49. The van der Waals surface area contributed by atoms with Gasteiger partial charge in [-0.3, -0.25) is 14.7 Å². The second-order valence-electron chi connectivity index (χ2n) is 6.72. The number of pyridine rings is 1. The molecule has 2 aromatic heterocycles. The van der Waals surface area contributed by atoms with Crippen LogP contribution in [0.5, 0.6) is 0 Å². The van der Waals surface area contributed by atoms with E-state index in [1.54, 1.807) is 6.20 Å². The molecule has 3 heterocycles. The van der Waals surface area contributed by atoms with Gasteiger partial charge in [0.1, 0.15) is 0 Å². The lowest BCUT2D eigenvalue weighted by Crippen LogP contribution is -2.32. The van der Waals surface area contributed by atoms with E-state index in [0.29, 0.717) is 24.1 Å². The second kappa shape index (κ2) is 6.69. The quantitative estimate of drug-likeness (QED) is 0.771. The summed E-state index contributed by atoms with van der Waals surface area (Å²) in [5.74, 6) is 0.369. The van der Waals surface area contributed by atoms with E-state index in [4.69, 9.17) is 0 Å². The van der Waals surface area contributed by atoms with Crippen LogP contribution < -0.4 is 5.32 Å². The second-order valence-corrected chi connectivity index (χ2v) is 6.72. The molecule has 25 heavy (non-hydrogen) atoms. The summed E-state index contributed by atoms with van der Waals surface area (Å²) in [6.07, 6.45) is 6.67. The lowest BCUT2D eigenvalue weighted by Gasteiger charge is -2.25. The first kappa shape index (κ1) is 15.8. The molecule has 5 nitrogen and oxygen atoms in total. The van der Waals surface area contributed by atoms with Crippen molar-refractivity contribution in [3.8, 4) is 0 Å². The maximum absolute atomic E-state index is 12.7. The zero-order valence-corrected chi connectivity index (χ0v) is 14.3. The molecule has 0 radical (unpaired) electrons. The highest BCUT2D eigenvalue weighted by Gasteiger charge is 2.33. The summed E-state index contributed by atoms with van der Waals surface area (Å²) in [5.41, 5.74) is 2.81. The molecule has 0 saturated carbocycles. The van der Waals surface area contributed by atoms with Crippen molar-refractivity contribution in [2.45, 2.75) is 12.5 Å². The minimum atomic E-state index is -0.0208. The normalized spacial score (nSPS) is 20.8. The molecule has 1 amide bonds. The minimum absolute atomic E-state index is 0.0208. The summed E-state index contributed by atoms with van der Waals surface area (Å²) in [4.78, 5) is 22.4. The summed E-state index contributed by atoms with van der Waals surface area (Å²) in [5, 5.41) is 4.19. The fourth-order valence-corrected chi connectivity index (χ4v) is 3.91. The SMILES string of the molecule is CN1CC[C@@H](CNC(=O)c2cccc3cc[nH]c23)[C@@H]1c1cccnc1. The van der Waals surface area contributed by atoms with Crippen molar-refractivity contribution in [1.29, 1.82) is 0 Å². The van der Waals surface area contributed by atoms with Crippen LogP contribution in [0.2, 0.25) is 0 Å². The average Bonchev–Trinajstić information content (AvgIpc) is 3.26. The van der Waals surface area contributed by atoms with Crippen molar-refractivity contribution in [1.82, 2.24) is 20.2 Å². The molecule has 1 aromatic carbocycles. The molecule has 0 aliphatic carbocycles. The first-order chi connectivity index (χ1) is 12.2. The number of hydrogen-bond acceptors (Lipinski definition) is 3. The fourth-order valence-electron chi connectivity index (χ4n) is 3.91. The largest absolute Gasteiger partial charge is 0.361 e. The molecule has 128 valence electrons. The van der Waals surface area contributed by atoms with Crippen molar-refractivity contribution in [2.24, 2.45) is 5.92 Å².